The van der Waals surface area contributed by atoms with Crippen molar-refractivity contribution in [3.8, 4) is 0 Å². The van der Waals surface area contributed by atoms with Crippen LogP contribution in [0.15, 0.2) is 83.2 Å². The number of hydrogen-bond acceptors (Lipinski definition) is 5. The average Bonchev–Trinajstić information content (AvgIpc) is 3.25. The zero-order chi connectivity index (χ0) is 22.4. The summed E-state index contributed by atoms with van der Waals surface area (Å²) >= 11 is 7.74. The summed E-state index contributed by atoms with van der Waals surface area (Å²) in [5, 5.41) is 12.1. The van der Waals surface area contributed by atoms with Crippen molar-refractivity contribution in [3.05, 3.63) is 94.1 Å². The Morgan fingerprint density at radius 3 is 2.73 bits per heavy atom. The van der Waals surface area contributed by atoms with E-state index in [1.54, 1.807) is 11.8 Å². The summed E-state index contributed by atoms with van der Waals surface area (Å²) < 4.78 is 1.86. The minimum absolute atomic E-state index is 0.176. The van der Waals surface area contributed by atoms with Gasteiger partial charge in [0.25, 0.3) is 0 Å². The SMILES string of the molecule is O=C1CCCC2=C1C(c1ccc(Cl)cc1)n1nc(SCc3cccc4ccccc34)nc1N2. The van der Waals surface area contributed by atoms with Crippen molar-refractivity contribution in [2.45, 2.75) is 36.2 Å². The fourth-order valence-electron chi connectivity index (χ4n) is 4.71. The molecule has 0 fully saturated rings. The predicted molar refractivity (Wildman–Crippen MR) is 133 cm³/mol. The molecule has 0 bridgehead atoms. The lowest BCUT2D eigenvalue weighted by Gasteiger charge is -2.32. The van der Waals surface area contributed by atoms with Gasteiger partial charge in [-0.05, 0) is 46.9 Å². The molecule has 0 amide bonds. The normalized spacial score (nSPS) is 17.6. The van der Waals surface area contributed by atoms with Crippen molar-refractivity contribution < 1.29 is 4.79 Å². The number of nitrogens with zero attached hydrogens (tertiary/aromatic N) is 3. The number of Topliss-reactive ketones (excluding diaryl/α,β-unsaturated/α-hetero) is 1. The molecule has 2 aliphatic rings. The Bertz CT molecular complexity index is 1400. The molecule has 0 spiro atoms. The molecule has 3 aromatic carbocycles. The maximum Gasteiger partial charge on any atom is 0.227 e. The Hall–Kier alpha value is -3.09. The zero-order valence-electron chi connectivity index (χ0n) is 17.8. The Labute approximate surface area is 200 Å². The molecule has 6 rings (SSSR count). The topological polar surface area (TPSA) is 59.8 Å². The van der Waals surface area contributed by atoms with E-state index in [0.717, 1.165) is 35.4 Å². The van der Waals surface area contributed by atoms with Crippen LogP contribution in [0.5, 0.6) is 0 Å². The van der Waals surface area contributed by atoms with E-state index in [2.05, 4.69) is 47.8 Å². The molecule has 1 N–H and O–H groups in total. The minimum Gasteiger partial charge on any atom is -0.328 e. The number of rotatable bonds is 4. The van der Waals surface area contributed by atoms with Gasteiger partial charge >= 0.3 is 0 Å². The first-order valence-corrected chi connectivity index (χ1v) is 12.4. The van der Waals surface area contributed by atoms with Crippen LogP contribution < -0.4 is 5.32 Å². The molecule has 0 saturated heterocycles. The highest BCUT2D eigenvalue weighted by Gasteiger charge is 2.36. The molecule has 4 aromatic rings. The number of thioether (sulfide) groups is 1. The van der Waals surface area contributed by atoms with Gasteiger partial charge in [-0.3, -0.25) is 4.79 Å². The van der Waals surface area contributed by atoms with Crippen LogP contribution in [0.1, 0.15) is 36.4 Å². The highest BCUT2D eigenvalue weighted by Crippen LogP contribution is 2.41. The van der Waals surface area contributed by atoms with E-state index in [4.69, 9.17) is 21.7 Å². The Morgan fingerprint density at radius 2 is 1.85 bits per heavy atom. The number of nitrogens with one attached hydrogen (secondary N) is 1. The molecule has 5 nitrogen and oxygen atoms in total. The van der Waals surface area contributed by atoms with E-state index in [1.807, 2.05) is 28.9 Å². The molecule has 1 aliphatic carbocycles. The summed E-state index contributed by atoms with van der Waals surface area (Å²) in [6, 6.07) is 22.2. The summed E-state index contributed by atoms with van der Waals surface area (Å²) in [6.45, 7) is 0. The molecule has 33 heavy (non-hydrogen) atoms. The van der Waals surface area contributed by atoms with Crippen molar-refractivity contribution in [2.24, 2.45) is 0 Å². The summed E-state index contributed by atoms with van der Waals surface area (Å²) in [4.78, 5) is 17.7. The third-order valence-electron chi connectivity index (χ3n) is 6.27. The van der Waals surface area contributed by atoms with E-state index in [0.29, 0.717) is 22.5 Å². The van der Waals surface area contributed by atoms with Gasteiger partial charge in [-0.2, -0.15) is 4.98 Å². The van der Waals surface area contributed by atoms with Crippen molar-refractivity contribution in [1.29, 1.82) is 0 Å². The average molecular weight is 473 g/mol. The minimum atomic E-state index is -0.291. The smallest absolute Gasteiger partial charge is 0.227 e. The van der Waals surface area contributed by atoms with Crippen LogP contribution in [0.3, 0.4) is 0 Å². The van der Waals surface area contributed by atoms with E-state index in [9.17, 15) is 4.79 Å². The van der Waals surface area contributed by atoms with Gasteiger partial charge in [0.2, 0.25) is 11.1 Å². The van der Waals surface area contributed by atoms with E-state index < -0.39 is 0 Å². The molecule has 0 radical (unpaired) electrons. The zero-order valence-corrected chi connectivity index (χ0v) is 19.4. The predicted octanol–water partition coefficient (Wildman–Crippen LogP) is 6.40. The summed E-state index contributed by atoms with van der Waals surface area (Å²) in [5.74, 6) is 1.63. The van der Waals surface area contributed by atoms with Gasteiger partial charge in [-0.1, -0.05) is 78.0 Å². The summed E-state index contributed by atoms with van der Waals surface area (Å²) in [6.07, 6.45) is 2.27. The van der Waals surface area contributed by atoms with Crippen LogP contribution in [-0.2, 0) is 10.5 Å². The largest absolute Gasteiger partial charge is 0.328 e. The Balaban J connectivity index is 1.35. The molecule has 0 saturated carbocycles. The van der Waals surface area contributed by atoms with E-state index in [1.165, 1.54) is 16.3 Å². The van der Waals surface area contributed by atoms with Gasteiger partial charge < -0.3 is 5.32 Å². The second-order valence-electron chi connectivity index (χ2n) is 8.34. The van der Waals surface area contributed by atoms with Gasteiger partial charge in [-0.25, -0.2) is 4.68 Å². The van der Waals surface area contributed by atoms with Gasteiger partial charge in [-0.15, -0.1) is 5.10 Å². The van der Waals surface area contributed by atoms with Crippen molar-refractivity contribution in [2.75, 3.05) is 5.32 Å². The lowest BCUT2D eigenvalue weighted by Crippen LogP contribution is -2.31. The Kier molecular flexibility index (Phi) is 5.19. The Morgan fingerprint density at radius 1 is 1.03 bits per heavy atom. The van der Waals surface area contributed by atoms with Crippen LogP contribution in [0.4, 0.5) is 5.95 Å². The van der Waals surface area contributed by atoms with Gasteiger partial charge in [0.05, 0.1) is 0 Å². The molecule has 7 heteroatoms. The quantitative estimate of drug-likeness (QED) is 0.348. The van der Waals surface area contributed by atoms with Crippen LogP contribution in [0, 0.1) is 0 Å². The number of carbonyl (C=O) groups excluding carboxylic acids is 1. The molecule has 2 heterocycles. The van der Waals surface area contributed by atoms with E-state index >= 15 is 0 Å². The lowest BCUT2D eigenvalue weighted by atomic mass is 9.85. The highest BCUT2D eigenvalue weighted by molar-refractivity contribution is 7.98. The van der Waals surface area contributed by atoms with Crippen LogP contribution in [0.2, 0.25) is 5.02 Å². The standard InChI is InChI=1S/C26H21ClN4OS/c27-19-13-11-17(12-14-19)24-23-21(9-4-10-22(23)32)28-25-29-26(30-31(24)25)33-15-18-7-3-6-16-5-1-2-8-20(16)18/h1-3,5-8,11-14,24H,4,9-10,15H2,(H,28,29,30). The molecule has 1 aliphatic heterocycles. The van der Waals surface area contributed by atoms with E-state index in [-0.39, 0.29) is 11.8 Å². The number of halogens is 1. The van der Waals surface area contributed by atoms with Gasteiger partial charge in [0.1, 0.15) is 6.04 Å². The highest BCUT2D eigenvalue weighted by atomic mass is 35.5. The summed E-state index contributed by atoms with van der Waals surface area (Å²) in [5.41, 5.74) is 4.00. The molecule has 164 valence electrons. The second kappa shape index (κ2) is 8.36. The number of aromatic nitrogens is 3. The fourth-order valence-corrected chi connectivity index (χ4v) is 5.67. The molecule has 1 aromatic heterocycles. The lowest BCUT2D eigenvalue weighted by molar-refractivity contribution is -0.116. The first-order chi connectivity index (χ1) is 16.2. The molecular formula is C26H21ClN4OS. The number of fused-ring (bicyclic) bond motifs is 2. The third kappa shape index (κ3) is 3.73. The number of benzene rings is 3. The second-order valence-corrected chi connectivity index (χ2v) is 9.72. The van der Waals surface area contributed by atoms with Crippen LogP contribution in [0.25, 0.3) is 10.8 Å². The third-order valence-corrected chi connectivity index (χ3v) is 7.41. The van der Waals surface area contributed by atoms with Crippen molar-refractivity contribution >= 4 is 45.9 Å². The van der Waals surface area contributed by atoms with Crippen LogP contribution >= 0.6 is 23.4 Å². The maximum absolute atomic E-state index is 12.9. The number of allylic oxidation sites excluding steroid dienone is 2. The molecule has 1 unspecified atom stereocenters. The number of anilines is 1. The number of hydrogen-bond donors (Lipinski definition) is 1. The van der Waals surface area contributed by atoms with Crippen LogP contribution in [-0.4, -0.2) is 20.5 Å². The monoisotopic (exact) mass is 472 g/mol. The first-order valence-electron chi connectivity index (χ1n) is 11.0. The number of ketones is 1. The maximum atomic E-state index is 12.9. The van der Waals surface area contributed by atoms with Gasteiger partial charge in [0.15, 0.2) is 5.78 Å². The van der Waals surface area contributed by atoms with Crippen molar-refractivity contribution in [3.63, 3.8) is 0 Å². The number of carbonyl (C=O) groups is 1. The first kappa shape index (κ1) is 20.5. The summed E-state index contributed by atoms with van der Waals surface area (Å²) in [7, 11) is 0. The van der Waals surface area contributed by atoms with Gasteiger partial charge in [0, 0.05) is 28.5 Å². The fraction of sp³-hybridized carbons (Fsp3) is 0.192. The molecular weight excluding hydrogens is 452 g/mol. The van der Waals surface area contributed by atoms with Crippen molar-refractivity contribution in [1.82, 2.24) is 14.8 Å². The molecule has 1 atom stereocenters.